The molecule has 1 heterocycles. The van der Waals surface area contributed by atoms with Gasteiger partial charge in [-0.15, -0.1) is 0 Å². The Morgan fingerprint density at radius 1 is 1.31 bits per heavy atom. The van der Waals surface area contributed by atoms with Crippen molar-refractivity contribution < 1.29 is 4.39 Å². The third-order valence-electron chi connectivity index (χ3n) is 1.73. The minimum atomic E-state index is -0.277. The molecule has 0 spiro atoms. The Morgan fingerprint density at radius 3 is 2.88 bits per heavy atom. The van der Waals surface area contributed by atoms with Crippen LogP contribution in [0.25, 0.3) is 0 Å². The van der Waals surface area contributed by atoms with Crippen molar-refractivity contribution >= 4 is 39.3 Å². The van der Waals surface area contributed by atoms with E-state index in [0.717, 1.165) is 4.90 Å². The lowest BCUT2D eigenvalue weighted by Gasteiger charge is -2.03. The number of nitrogens with zero attached hydrogens (tertiary/aromatic N) is 2. The predicted molar refractivity (Wildman–Crippen MR) is 65.3 cm³/mol. The van der Waals surface area contributed by atoms with Gasteiger partial charge in [-0.2, -0.15) is 0 Å². The van der Waals surface area contributed by atoms with Crippen molar-refractivity contribution in [3.63, 3.8) is 0 Å². The molecule has 2 nitrogen and oxygen atoms in total. The van der Waals surface area contributed by atoms with Crippen LogP contribution >= 0.6 is 39.3 Å². The van der Waals surface area contributed by atoms with Gasteiger partial charge in [-0.3, -0.25) is 0 Å². The normalized spacial score (nSPS) is 10.4. The highest BCUT2D eigenvalue weighted by molar-refractivity contribution is 9.10. The van der Waals surface area contributed by atoms with E-state index < -0.39 is 0 Å². The molecule has 2 aromatic rings. The molecule has 82 valence electrons. The van der Waals surface area contributed by atoms with Crippen LogP contribution in [0.4, 0.5) is 4.39 Å². The molecule has 0 saturated heterocycles. The van der Waals surface area contributed by atoms with E-state index in [1.54, 1.807) is 12.1 Å². The largest absolute Gasteiger partial charge is 0.228 e. The van der Waals surface area contributed by atoms with Gasteiger partial charge >= 0.3 is 0 Å². The van der Waals surface area contributed by atoms with Crippen LogP contribution in [0, 0.1) is 5.82 Å². The summed E-state index contributed by atoms with van der Waals surface area (Å²) < 4.78 is 13.6. The van der Waals surface area contributed by atoms with Crippen molar-refractivity contribution in [1.82, 2.24) is 9.97 Å². The van der Waals surface area contributed by atoms with Crippen LogP contribution in [-0.4, -0.2) is 9.97 Å². The summed E-state index contributed by atoms with van der Waals surface area (Å²) in [7, 11) is 0. The smallest absolute Gasteiger partial charge is 0.147 e. The lowest BCUT2D eigenvalue weighted by Crippen LogP contribution is -1.86. The maximum Gasteiger partial charge on any atom is 0.147 e. The molecule has 0 fully saturated rings. The van der Waals surface area contributed by atoms with Gasteiger partial charge in [0.2, 0.25) is 0 Å². The van der Waals surface area contributed by atoms with E-state index in [1.807, 2.05) is 0 Å². The first kappa shape index (κ1) is 11.8. The molecule has 0 aliphatic heterocycles. The molecule has 1 aromatic carbocycles. The second kappa shape index (κ2) is 5.12. The summed E-state index contributed by atoms with van der Waals surface area (Å²) in [6.07, 6.45) is 1.37. The zero-order valence-electron chi connectivity index (χ0n) is 7.82. The fourth-order valence-electron chi connectivity index (χ4n) is 1.05. The lowest BCUT2D eigenvalue weighted by molar-refractivity contribution is 0.624. The molecule has 0 saturated carbocycles. The van der Waals surface area contributed by atoms with Gasteiger partial charge in [-0.05, 0) is 34.1 Å². The SMILES string of the molecule is Fc1cccc(Sc2ncnc(Cl)c2Br)c1. The Morgan fingerprint density at radius 2 is 2.12 bits per heavy atom. The average molecular weight is 320 g/mol. The molecule has 0 aliphatic rings. The first-order chi connectivity index (χ1) is 7.66. The van der Waals surface area contributed by atoms with Crippen molar-refractivity contribution in [2.24, 2.45) is 0 Å². The van der Waals surface area contributed by atoms with Crippen LogP contribution in [0.2, 0.25) is 5.15 Å². The highest BCUT2D eigenvalue weighted by Gasteiger charge is 2.08. The molecule has 0 aliphatic carbocycles. The van der Waals surface area contributed by atoms with E-state index >= 15 is 0 Å². The minimum Gasteiger partial charge on any atom is -0.228 e. The van der Waals surface area contributed by atoms with E-state index in [0.29, 0.717) is 14.7 Å². The second-order valence-corrected chi connectivity index (χ2v) is 5.06. The summed E-state index contributed by atoms with van der Waals surface area (Å²) >= 11 is 10.4. The number of aromatic nitrogens is 2. The maximum absolute atomic E-state index is 13.0. The molecular formula is C10H5BrClFN2S. The lowest BCUT2D eigenvalue weighted by atomic mass is 10.4. The van der Waals surface area contributed by atoms with Crippen LogP contribution in [0.1, 0.15) is 0 Å². The summed E-state index contributed by atoms with van der Waals surface area (Å²) in [5, 5.41) is 1.000. The molecule has 0 bridgehead atoms. The van der Waals surface area contributed by atoms with Crippen LogP contribution in [0.3, 0.4) is 0 Å². The van der Waals surface area contributed by atoms with Gasteiger partial charge in [0, 0.05) is 4.90 Å². The number of halogens is 3. The third kappa shape index (κ3) is 2.72. The van der Waals surface area contributed by atoms with Crippen LogP contribution in [-0.2, 0) is 0 Å². The van der Waals surface area contributed by atoms with Crippen LogP contribution < -0.4 is 0 Å². The molecule has 0 atom stereocenters. The van der Waals surface area contributed by atoms with Crippen molar-refractivity contribution in [3.05, 3.63) is 46.0 Å². The fraction of sp³-hybridized carbons (Fsp3) is 0. The van der Waals surface area contributed by atoms with Crippen LogP contribution in [0.15, 0.2) is 45.0 Å². The first-order valence-corrected chi connectivity index (χ1v) is 6.25. The number of benzene rings is 1. The number of hydrogen-bond acceptors (Lipinski definition) is 3. The van der Waals surface area contributed by atoms with E-state index in [-0.39, 0.29) is 5.82 Å². The predicted octanol–water partition coefficient (Wildman–Crippen LogP) is 4.18. The Labute approximate surface area is 109 Å². The standard InChI is InChI=1S/C10H5BrClFN2S/c11-8-9(12)14-5-15-10(8)16-7-3-1-2-6(13)4-7/h1-5H. The number of rotatable bonds is 2. The number of hydrogen-bond donors (Lipinski definition) is 0. The summed E-state index contributed by atoms with van der Waals surface area (Å²) in [5.41, 5.74) is 0. The molecule has 0 radical (unpaired) electrons. The van der Waals surface area contributed by atoms with Gasteiger partial charge < -0.3 is 0 Å². The Kier molecular flexibility index (Phi) is 3.78. The highest BCUT2D eigenvalue weighted by atomic mass is 79.9. The first-order valence-electron chi connectivity index (χ1n) is 4.26. The van der Waals surface area contributed by atoms with Crippen molar-refractivity contribution in [2.45, 2.75) is 9.92 Å². The minimum absolute atomic E-state index is 0.277. The molecule has 2 rings (SSSR count). The zero-order chi connectivity index (χ0) is 11.5. The zero-order valence-corrected chi connectivity index (χ0v) is 11.0. The van der Waals surface area contributed by atoms with Gasteiger partial charge in [0.1, 0.15) is 22.3 Å². The quantitative estimate of drug-likeness (QED) is 0.777. The Balaban J connectivity index is 2.31. The third-order valence-corrected chi connectivity index (χ3v) is 4.25. The van der Waals surface area contributed by atoms with Crippen molar-refractivity contribution in [3.8, 4) is 0 Å². The van der Waals surface area contributed by atoms with Gasteiger partial charge in [0.05, 0.1) is 4.47 Å². The molecule has 0 unspecified atom stereocenters. The summed E-state index contributed by atoms with van der Waals surface area (Å²) in [5.74, 6) is -0.277. The summed E-state index contributed by atoms with van der Waals surface area (Å²) in [6, 6.07) is 6.28. The molecule has 0 N–H and O–H groups in total. The second-order valence-electron chi connectivity index (χ2n) is 2.84. The van der Waals surface area contributed by atoms with Crippen molar-refractivity contribution in [1.29, 1.82) is 0 Å². The fourth-order valence-corrected chi connectivity index (χ4v) is 2.51. The van der Waals surface area contributed by atoms with Gasteiger partial charge in [0.25, 0.3) is 0 Å². The molecule has 1 aromatic heterocycles. The Hall–Kier alpha value is -0.650. The van der Waals surface area contributed by atoms with Gasteiger partial charge in [-0.25, -0.2) is 14.4 Å². The maximum atomic E-state index is 13.0. The van der Waals surface area contributed by atoms with E-state index in [4.69, 9.17) is 11.6 Å². The van der Waals surface area contributed by atoms with Gasteiger partial charge in [0.15, 0.2) is 0 Å². The van der Waals surface area contributed by atoms with E-state index in [2.05, 4.69) is 25.9 Å². The highest BCUT2D eigenvalue weighted by Crippen LogP contribution is 2.34. The van der Waals surface area contributed by atoms with Crippen molar-refractivity contribution in [2.75, 3.05) is 0 Å². The molecule has 0 amide bonds. The summed E-state index contributed by atoms with van der Waals surface area (Å²) in [6.45, 7) is 0. The molecular weight excluding hydrogens is 315 g/mol. The van der Waals surface area contributed by atoms with Gasteiger partial charge in [-0.1, -0.05) is 29.4 Å². The van der Waals surface area contributed by atoms with E-state index in [9.17, 15) is 4.39 Å². The molecule has 6 heteroatoms. The van der Waals surface area contributed by atoms with E-state index in [1.165, 1.54) is 30.2 Å². The molecule has 16 heavy (non-hydrogen) atoms. The monoisotopic (exact) mass is 318 g/mol. The average Bonchev–Trinajstić information content (AvgIpc) is 2.25. The topological polar surface area (TPSA) is 25.8 Å². The Bertz CT molecular complexity index is 524. The van der Waals surface area contributed by atoms with Crippen LogP contribution in [0.5, 0.6) is 0 Å². The summed E-state index contributed by atoms with van der Waals surface area (Å²) in [4.78, 5) is 8.64.